The molecule has 1 saturated heterocycles. The van der Waals surface area contributed by atoms with E-state index in [1.54, 1.807) is 6.92 Å². The average molecular weight is 398 g/mol. The van der Waals surface area contributed by atoms with Gasteiger partial charge in [0.05, 0.1) is 17.4 Å². The molecule has 150 valence electrons. The van der Waals surface area contributed by atoms with Crippen LogP contribution in [0.2, 0.25) is 0 Å². The Morgan fingerprint density at radius 1 is 1.33 bits per heavy atom. The molecule has 27 heavy (non-hydrogen) atoms. The molecule has 9 heteroatoms. The van der Waals surface area contributed by atoms with Gasteiger partial charge in [-0.2, -0.15) is 0 Å². The van der Waals surface area contributed by atoms with Gasteiger partial charge in [0.1, 0.15) is 0 Å². The Balaban J connectivity index is 2.18. The molecular formula is C18H26N2O6S. The van der Waals surface area contributed by atoms with Crippen molar-refractivity contribution < 1.29 is 27.9 Å². The molecule has 0 bridgehead atoms. The van der Waals surface area contributed by atoms with Gasteiger partial charge in [0.2, 0.25) is 10.0 Å². The molecule has 3 atom stereocenters. The van der Waals surface area contributed by atoms with Gasteiger partial charge in [-0.3, -0.25) is 9.59 Å². The minimum atomic E-state index is -3.65. The summed E-state index contributed by atoms with van der Waals surface area (Å²) in [6.45, 7) is 3.96. The predicted molar refractivity (Wildman–Crippen MR) is 99.0 cm³/mol. The highest BCUT2D eigenvalue weighted by Crippen LogP contribution is 2.25. The van der Waals surface area contributed by atoms with Crippen LogP contribution in [0.25, 0.3) is 0 Å². The second kappa shape index (κ2) is 8.81. The second-order valence-corrected chi connectivity index (χ2v) is 8.47. The van der Waals surface area contributed by atoms with Crippen molar-refractivity contribution in [2.24, 2.45) is 0 Å². The van der Waals surface area contributed by atoms with Crippen molar-refractivity contribution in [1.82, 2.24) is 9.62 Å². The number of likely N-dealkylation sites (tertiary alicyclic amines) is 1. The van der Waals surface area contributed by atoms with Crippen molar-refractivity contribution in [3.8, 4) is 0 Å². The van der Waals surface area contributed by atoms with Crippen LogP contribution in [0.3, 0.4) is 0 Å². The largest absolute Gasteiger partial charge is 0.481 e. The van der Waals surface area contributed by atoms with Gasteiger partial charge >= 0.3 is 5.97 Å². The number of hydrogen-bond acceptors (Lipinski definition) is 5. The number of nitrogens with zero attached hydrogens (tertiary/aromatic N) is 1. The molecule has 0 radical (unpaired) electrons. The number of carbonyl (C=O) groups excluding carboxylic acids is 1. The number of carbonyl (C=O) groups is 2. The summed E-state index contributed by atoms with van der Waals surface area (Å²) < 4.78 is 32.5. The first-order chi connectivity index (χ1) is 12.7. The summed E-state index contributed by atoms with van der Waals surface area (Å²) in [5.74, 6) is -1.31. The molecule has 0 spiro atoms. The lowest BCUT2D eigenvalue weighted by Crippen LogP contribution is -2.37. The fourth-order valence-electron chi connectivity index (χ4n) is 3.05. The number of amides is 1. The molecule has 1 heterocycles. The topological polar surface area (TPSA) is 113 Å². The predicted octanol–water partition coefficient (Wildman–Crippen LogP) is 1.47. The number of benzene rings is 1. The van der Waals surface area contributed by atoms with Gasteiger partial charge in [0.15, 0.2) is 0 Å². The zero-order chi connectivity index (χ0) is 20.2. The fraction of sp³-hybridized carbons (Fsp3) is 0.556. The highest BCUT2D eigenvalue weighted by molar-refractivity contribution is 7.89. The molecule has 1 aromatic rings. The molecule has 2 rings (SSSR count). The van der Waals surface area contributed by atoms with Crippen LogP contribution in [0.5, 0.6) is 0 Å². The average Bonchev–Trinajstić information content (AvgIpc) is 3.03. The SMILES string of the molecule is CCC(C)NS(=O)(=O)c1ccc(C(=O)N2CC(OC)CC2CC(=O)O)cc1. The van der Waals surface area contributed by atoms with Crippen molar-refractivity contribution in [1.29, 1.82) is 0 Å². The summed E-state index contributed by atoms with van der Waals surface area (Å²) in [4.78, 5) is 25.4. The summed E-state index contributed by atoms with van der Waals surface area (Å²) in [7, 11) is -2.12. The van der Waals surface area contributed by atoms with Gasteiger partial charge < -0.3 is 14.7 Å². The van der Waals surface area contributed by atoms with Gasteiger partial charge in [0.25, 0.3) is 5.91 Å². The summed E-state index contributed by atoms with van der Waals surface area (Å²) in [5.41, 5.74) is 0.310. The van der Waals surface area contributed by atoms with Crippen LogP contribution >= 0.6 is 0 Å². The second-order valence-electron chi connectivity index (χ2n) is 6.76. The third-order valence-corrected chi connectivity index (χ3v) is 6.37. The highest BCUT2D eigenvalue weighted by Gasteiger charge is 2.37. The lowest BCUT2D eigenvalue weighted by Gasteiger charge is -2.23. The number of rotatable bonds is 8. The Bertz CT molecular complexity index is 778. The van der Waals surface area contributed by atoms with E-state index in [2.05, 4.69) is 4.72 Å². The normalized spacial score (nSPS) is 21.2. The molecule has 1 aliphatic heterocycles. The Morgan fingerprint density at radius 3 is 2.48 bits per heavy atom. The fourth-order valence-corrected chi connectivity index (χ4v) is 4.37. The summed E-state index contributed by atoms with van der Waals surface area (Å²) in [6, 6.07) is 5.03. The molecule has 1 aliphatic rings. The number of hydrogen-bond donors (Lipinski definition) is 2. The van der Waals surface area contributed by atoms with Gasteiger partial charge in [-0.1, -0.05) is 6.92 Å². The van der Waals surface area contributed by atoms with Crippen LogP contribution < -0.4 is 4.72 Å². The summed E-state index contributed by atoms with van der Waals surface area (Å²) in [6.07, 6.45) is 0.755. The van der Waals surface area contributed by atoms with Crippen LogP contribution in [0, 0.1) is 0 Å². The lowest BCUT2D eigenvalue weighted by atomic mass is 10.1. The van der Waals surface area contributed by atoms with Crippen molar-refractivity contribution in [3.05, 3.63) is 29.8 Å². The van der Waals surface area contributed by atoms with Crippen molar-refractivity contribution in [3.63, 3.8) is 0 Å². The quantitative estimate of drug-likeness (QED) is 0.686. The number of nitrogens with one attached hydrogen (secondary N) is 1. The first-order valence-corrected chi connectivity index (χ1v) is 10.3. The lowest BCUT2D eigenvalue weighted by molar-refractivity contribution is -0.138. The third kappa shape index (κ3) is 5.27. The summed E-state index contributed by atoms with van der Waals surface area (Å²) in [5, 5.41) is 9.07. The smallest absolute Gasteiger partial charge is 0.305 e. The van der Waals surface area contributed by atoms with E-state index in [0.29, 0.717) is 24.9 Å². The number of sulfonamides is 1. The van der Waals surface area contributed by atoms with Gasteiger partial charge in [-0.15, -0.1) is 0 Å². The monoisotopic (exact) mass is 398 g/mol. The zero-order valence-corrected chi connectivity index (χ0v) is 16.5. The minimum Gasteiger partial charge on any atom is -0.481 e. The standard InChI is InChI=1S/C18H26N2O6S/c1-4-12(2)19-27(24,25)16-7-5-13(6-8-16)18(23)20-11-15(26-3)9-14(20)10-17(21)22/h5-8,12,14-15,19H,4,9-11H2,1-3H3,(H,21,22). The van der Waals surface area contributed by atoms with Crippen LogP contribution in [0.4, 0.5) is 0 Å². The van der Waals surface area contributed by atoms with Crippen molar-refractivity contribution in [2.45, 2.75) is 56.2 Å². The van der Waals surface area contributed by atoms with E-state index in [1.165, 1.54) is 36.3 Å². The van der Waals surface area contributed by atoms with E-state index in [4.69, 9.17) is 9.84 Å². The van der Waals surface area contributed by atoms with E-state index in [1.807, 2.05) is 6.92 Å². The first kappa shape index (κ1) is 21.3. The molecule has 1 fully saturated rings. The molecule has 1 aromatic carbocycles. The Kier molecular flexibility index (Phi) is 6.96. The van der Waals surface area contributed by atoms with E-state index in [-0.39, 0.29) is 29.4 Å². The first-order valence-electron chi connectivity index (χ1n) is 8.85. The van der Waals surface area contributed by atoms with Crippen molar-refractivity contribution >= 4 is 21.9 Å². The minimum absolute atomic E-state index is 0.0811. The van der Waals surface area contributed by atoms with Crippen LogP contribution in [-0.4, -0.2) is 62.1 Å². The molecule has 0 aromatic heterocycles. The zero-order valence-electron chi connectivity index (χ0n) is 15.7. The molecule has 3 unspecified atom stereocenters. The van der Waals surface area contributed by atoms with E-state index in [0.717, 1.165) is 0 Å². The maximum atomic E-state index is 12.8. The Hall–Kier alpha value is -1.97. The number of carboxylic acid groups (broad SMARTS) is 1. The van der Waals surface area contributed by atoms with E-state index >= 15 is 0 Å². The van der Waals surface area contributed by atoms with Crippen LogP contribution in [0.1, 0.15) is 43.5 Å². The summed E-state index contributed by atoms with van der Waals surface area (Å²) >= 11 is 0. The Morgan fingerprint density at radius 2 is 1.96 bits per heavy atom. The number of methoxy groups -OCH3 is 1. The maximum Gasteiger partial charge on any atom is 0.305 e. The molecule has 1 amide bonds. The third-order valence-electron chi connectivity index (χ3n) is 4.76. The van der Waals surface area contributed by atoms with Crippen molar-refractivity contribution in [2.75, 3.05) is 13.7 Å². The van der Waals surface area contributed by atoms with Gasteiger partial charge in [-0.25, -0.2) is 13.1 Å². The molecule has 0 aliphatic carbocycles. The molecule has 0 saturated carbocycles. The highest BCUT2D eigenvalue weighted by atomic mass is 32.2. The number of carboxylic acids is 1. The molecule has 8 nitrogen and oxygen atoms in total. The van der Waals surface area contributed by atoms with E-state index < -0.39 is 22.0 Å². The van der Waals surface area contributed by atoms with Crippen LogP contribution in [0.15, 0.2) is 29.2 Å². The number of ether oxygens (including phenoxy) is 1. The van der Waals surface area contributed by atoms with Gasteiger partial charge in [-0.05, 0) is 44.0 Å². The maximum absolute atomic E-state index is 12.8. The number of aliphatic carboxylic acids is 1. The molecular weight excluding hydrogens is 372 g/mol. The Labute approximate surface area is 159 Å². The van der Waals surface area contributed by atoms with E-state index in [9.17, 15) is 18.0 Å². The van der Waals surface area contributed by atoms with Gasteiger partial charge in [0, 0.05) is 31.3 Å². The molecule has 2 N–H and O–H groups in total. The van der Waals surface area contributed by atoms with Crippen LogP contribution in [-0.2, 0) is 19.6 Å².